The van der Waals surface area contributed by atoms with Gasteiger partial charge in [0.05, 0.1) is 35.9 Å². The highest BCUT2D eigenvalue weighted by Gasteiger charge is 2.77. The number of halogens is 4. The van der Waals surface area contributed by atoms with Gasteiger partial charge in [0.15, 0.2) is 5.82 Å². The van der Waals surface area contributed by atoms with Crippen LogP contribution in [0.2, 0.25) is 5.02 Å². The van der Waals surface area contributed by atoms with Crippen LogP contribution in [-0.4, -0.2) is 60.2 Å². The van der Waals surface area contributed by atoms with Gasteiger partial charge in [0.2, 0.25) is 0 Å². The predicted molar refractivity (Wildman–Crippen MR) is 217 cm³/mol. The van der Waals surface area contributed by atoms with Crippen molar-refractivity contribution in [1.82, 2.24) is 14.9 Å². The van der Waals surface area contributed by atoms with Gasteiger partial charge in [-0.1, -0.05) is 42.8 Å². The third-order valence-electron chi connectivity index (χ3n) is 13.3. The third-order valence-corrected chi connectivity index (χ3v) is 13.6. The van der Waals surface area contributed by atoms with Gasteiger partial charge in [0.25, 0.3) is 5.92 Å². The number of fused-ring (bicyclic) bond motifs is 1. The molecule has 2 saturated heterocycles. The van der Waals surface area contributed by atoms with Crippen molar-refractivity contribution >= 4 is 28.2 Å². The second-order valence-corrected chi connectivity index (χ2v) is 17.2. The number of benzene rings is 4. The minimum Gasteiger partial charge on any atom is -0.497 e. The number of hydrogen-bond acceptors (Lipinski definition) is 7. The van der Waals surface area contributed by atoms with Gasteiger partial charge in [-0.15, -0.1) is 0 Å². The Morgan fingerprint density at radius 1 is 0.895 bits per heavy atom. The fraction of sp³-hybridized carbons (Fsp3) is 0.435. The van der Waals surface area contributed by atoms with Crippen LogP contribution in [-0.2, 0) is 19.5 Å². The number of aryl methyl sites for hydroxylation is 1. The maximum atomic E-state index is 16.2. The highest BCUT2D eigenvalue weighted by Crippen LogP contribution is 2.69. The lowest BCUT2D eigenvalue weighted by atomic mass is 9.80. The zero-order valence-electron chi connectivity index (χ0n) is 32.7. The number of rotatable bonds is 12. The largest absolute Gasteiger partial charge is 0.497 e. The second-order valence-electron chi connectivity index (χ2n) is 16.7. The van der Waals surface area contributed by atoms with Crippen molar-refractivity contribution in [3.63, 3.8) is 0 Å². The number of nitrogens with zero attached hydrogens (tertiary/aromatic N) is 4. The molecule has 0 N–H and O–H groups in total. The summed E-state index contributed by atoms with van der Waals surface area (Å²) in [7, 11) is 3.32. The number of aromatic nitrogens is 2. The van der Waals surface area contributed by atoms with Crippen LogP contribution >= 0.6 is 11.6 Å². The van der Waals surface area contributed by atoms with E-state index in [0.29, 0.717) is 37.2 Å². The van der Waals surface area contributed by atoms with Crippen molar-refractivity contribution < 1.29 is 27.4 Å². The Labute approximate surface area is 337 Å². The second kappa shape index (κ2) is 14.7. The van der Waals surface area contributed by atoms with E-state index >= 15 is 4.39 Å². The first kappa shape index (κ1) is 38.0. The van der Waals surface area contributed by atoms with E-state index in [1.54, 1.807) is 38.7 Å². The summed E-state index contributed by atoms with van der Waals surface area (Å²) >= 11 is 6.56. The van der Waals surface area contributed by atoms with Crippen LogP contribution in [0.5, 0.6) is 17.2 Å². The Morgan fingerprint density at radius 3 is 2.21 bits per heavy atom. The van der Waals surface area contributed by atoms with Gasteiger partial charge in [0.1, 0.15) is 29.7 Å². The molecule has 2 aliphatic carbocycles. The van der Waals surface area contributed by atoms with Gasteiger partial charge in [-0.05, 0) is 121 Å². The Morgan fingerprint density at radius 2 is 1.56 bits per heavy atom. The molecule has 11 heteroatoms. The highest BCUT2D eigenvalue weighted by molar-refractivity contribution is 6.31. The fourth-order valence-electron chi connectivity index (χ4n) is 10.2. The van der Waals surface area contributed by atoms with Crippen LogP contribution in [0.1, 0.15) is 85.2 Å². The van der Waals surface area contributed by atoms with Crippen molar-refractivity contribution in [3.8, 4) is 17.2 Å². The lowest BCUT2D eigenvalue weighted by Crippen LogP contribution is -2.43. The minimum atomic E-state index is -2.62. The molecule has 4 aromatic carbocycles. The number of hydrogen-bond donors (Lipinski definition) is 0. The summed E-state index contributed by atoms with van der Waals surface area (Å²) in [5.74, 6) is -0.385. The van der Waals surface area contributed by atoms with E-state index in [2.05, 4.69) is 47.1 Å². The predicted octanol–water partition coefficient (Wildman–Crippen LogP) is 10.5. The van der Waals surface area contributed by atoms with Crippen LogP contribution in [0.25, 0.3) is 10.8 Å². The van der Waals surface area contributed by atoms with Gasteiger partial charge in [-0.2, -0.15) is 0 Å². The van der Waals surface area contributed by atoms with E-state index < -0.39 is 22.7 Å². The SMILES string of the molecule is COc1ccc(CN(Cc2ccc(OC)cc2)c2nccnc2[C@H](C)C2CCCc3cc(Cl)c(F)c4cc(OC[C@@]56CCCN5C[C@]5(CC5(F)F)C6)cc2c34)cc1. The summed E-state index contributed by atoms with van der Waals surface area (Å²) in [6, 6.07) is 21.7. The standard InChI is InChI=1S/C46H48ClF3N4O3/c1-29(42-43(52-18-17-51-42)53(23-30-8-12-33(55-2)13-9-30)24-31-10-14-34(56-3)15-11-31)36-7-4-6-32-20-39(47)41(48)38-22-35(21-37(36)40(32)38)57-28-45-16-5-19-54(45)27-44(25-45)26-46(44,49)50/h8-15,17-18,20-22,29,36H,4-7,16,19,23-28H2,1-3H3/t29-,36?,44-,45+/m1/s1. The Bertz CT molecular complexity index is 2240. The monoisotopic (exact) mass is 796 g/mol. The van der Waals surface area contributed by atoms with Crippen LogP contribution in [0, 0.1) is 11.2 Å². The van der Waals surface area contributed by atoms with Crippen molar-refractivity contribution in [2.75, 3.05) is 38.8 Å². The molecule has 2 aliphatic heterocycles. The lowest BCUT2D eigenvalue weighted by Gasteiger charge is -2.32. The van der Waals surface area contributed by atoms with E-state index in [0.717, 1.165) is 89.3 Å². The summed E-state index contributed by atoms with van der Waals surface area (Å²) < 4.78 is 63.0. The van der Waals surface area contributed by atoms with E-state index in [-0.39, 0.29) is 29.9 Å². The van der Waals surface area contributed by atoms with Crippen molar-refractivity contribution in [1.29, 1.82) is 0 Å². The summed E-state index contributed by atoms with van der Waals surface area (Å²) in [4.78, 5) is 14.5. The van der Waals surface area contributed by atoms with Crippen LogP contribution < -0.4 is 19.1 Å². The van der Waals surface area contributed by atoms with Gasteiger partial charge < -0.3 is 19.1 Å². The smallest absolute Gasteiger partial charge is 0.255 e. The molecule has 0 bridgehead atoms. The Balaban J connectivity index is 1.08. The number of methoxy groups -OCH3 is 2. The normalized spacial score (nSPS) is 23.9. The molecule has 1 spiro atoms. The van der Waals surface area contributed by atoms with E-state index in [4.69, 9.17) is 35.8 Å². The maximum Gasteiger partial charge on any atom is 0.255 e. The molecule has 3 fully saturated rings. The molecular formula is C46H48ClF3N4O3. The molecule has 9 rings (SSSR count). The molecule has 0 radical (unpaired) electrons. The molecule has 57 heavy (non-hydrogen) atoms. The average Bonchev–Trinajstić information content (AvgIpc) is 3.42. The van der Waals surface area contributed by atoms with E-state index in [1.165, 1.54) is 0 Å². The number of alkyl halides is 2. The van der Waals surface area contributed by atoms with Crippen molar-refractivity contribution in [3.05, 3.63) is 118 Å². The zero-order chi connectivity index (χ0) is 39.5. The molecule has 1 aromatic heterocycles. The number of anilines is 1. The van der Waals surface area contributed by atoms with Crippen LogP contribution in [0.3, 0.4) is 0 Å². The molecule has 7 nitrogen and oxygen atoms in total. The average molecular weight is 797 g/mol. The zero-order valence-corrected chi connectivity index (χ0v) is 33.4. The maximum absolute atomic E-state index is 16.2. The first-order valence-corrected chi connectivity index (χ1v) is 20.4. The van der Waals surface area contributed by atoms with Crippen LogP contribution in [0.15, 0.2) is 79.1 Å². The molecular weight excluding hydrogens is 749 g/mol. The molecule has 298 valence electrons. The van der Waals surface area contributed by atoms with Crippen molar-refractivity contribution in [2.24, 2.45) is 5.41 Å². The number of ether oxygens (including phenoxy) is 3. The van der Waals surface area contributed by atoms with Gasteiger partial charge in [-0.3, -0.25) is 9.88 Å². The third kappa shape index (κ3) is 6.86. The van der Waals surface area contributed by atoms with E-state index in [1.807, 2.05) is 24.3 Å². The Kier molecular flexibility index (Phi) is 9.79. The summed E-state index contributed by atoms with van der Waals surface area (Å²) in [5, 5.41) is 1.39. The molecule has 1 unspecified atom stereocenters. The van der Waals surface area contributed by atoms with Gasteiger partial charge >= 0.3 is 0 Å². The summed E-state index contributed by atoms with van der Waals surface area (Å²) in [5.41, 5.74) is 3.65. The van der Waals surface area contributed by atoms with Crippen LogP contribution in [0.4, 0.5) is 19.0 Å². The molecule has 0 amide bonds. The minimum absolute atomic E-state index is 0.0492. The van der Waals surface area contributed by atoms with Crippen molar-refractivity contribution in [2.45, 2.75) is 88.3 Å². The van der Waals surface area contributed by atoms with E-state index in [9.17, 15) is 8.78 Å². The summed E-state index contributed by atoms with van der Waals surface area (Å²) in [6.45, 7) is 4.83. The summed E-state index contributed by atoms with van der Waals surface area (Å²) in [6.07, 6.45) is 8.10. The quantitative estimate of drug-likeness (QED) is 0.125. The molecule has 5 aromatic rings. The topological polar surface area (TPSA) is 60.0 Å². The molecule has 1 saturated carbocycles. The Hall–Kier alpha value is -4.54. The molecule has 4 atom stereocenters. The molecule has 3 heterocycles. The van der Waals surface area contributed by atoms with Gasteiger partial charge in [0, 0.05) is 49.8 Å². The first-order chi connectivity index (χ1) is 27.5. The lowest BCUT2D eigenvalue weighted by molar-refractivity contribution is 0.0649. The first-order valence-electron chi connectivity index (χ1n) is 20.0. The highest BCUT2D eigenvalue weighted by atomic mass is 35.5. The molecule has 4 aliphatic rings. The fourth-order valence-corrected chi connectivity index (χ4v) is 10.5. The van der Waals surface area contributed by atoms with Gasteiger partial charge in [-0.25, -0.2) is 18.2 Å².